The largest absolute Gasteiger partial charge is 0.446 e. The second-order valence-electron chi connectivity index (χ2n) is 11.7. The lowest BCUT2D eigenvalue weighted by atomic mass is 9.94. The minimum absolute atomic E-state index is 0.125. The van der Waals surface area contributed by atoms with Gasteiger partial charge in [0.2, 0.25) is 17.6 Å². The molecule has 2 aliphatic carbocycles. The van der Waals surface area contributed by atoms with Crippen molar-refractivity contribution in [3.63, 3.8) is 0 Å². The molecule has 0 bridgehead atoms. The van der Waals surface area contributed by atoms with Crippen LogP contribution in [-0.4, -0.2) is 71.8 Å². The van der Waals surface area contributed by atoms with Crippen molar-refractivity contribution in [1.29, 1.82) is 0 Å². The van der Waals surface area contributed by atoms with E-state index in [1.54, 1.807) is 6.08 Å². The zero-order chi connectivity index (χ0) is 30.8. The van der Waals surface area contributed by atoms with E-state index in [9.17, 15) is 24.0 Å². The number of alkyl carbamates (subject to hydrolysis) is 1. The van der Waals surface area contributed by atoms with Crippen LogP contribution in [0.2, 0.25) is 0 Å². The summed E-state index contributed by atoms with van der Waals surface area (Å²) in [4.78, 5) is 67.5. The van der Waals surface area contributed by atoms with Gasteiger partial charge >= 0.3 is 6.09 Å². The van der Waals surface area contributed by atoms with E-state index in [4.69, 9.17) is 4.74 Å². The van der Waals surface area contributed by atoms with E-state index < -0.39 is 41.8 Å². The van der Waals surface area contributed by atoms with Crippen molar-refractivity contribution >= 4 is 29.6 Å². The fourth-order valence-electron chi connectivity index (χ4n) is 6.42. The third kappa shape index (κ3) is 8.33. The number of carbonyl (C=O) groups excluding carboxylic acids is 5. The summed E-state index contributed by atoms with van der Waals surface area (Å²) in [6.07, 6.45) is 9.94. The number of allylic oxidation sites excluding steroid dienone is 1. The molecule has 232 valence electrons. The quantitative estimate of drug-likeness (QED) is 0.238. The second kappa shape index (κ2) is 15.5. The Hall–Kier alpha value is -3.95. The number of nitrogens with one attached hydrogen (secondary N) is 3. The number of likely N-dealkylation sites (tertiary alicyclic amines) is 1. The van der Waals surface area contributed by atoms with Gasteiger partial charge in [-0.2, -0.15) is 0 Å². The number of Topliss-reactive ketones (excluding diaryl/α,β-unsaturated/α-hetero) is 1. The molecule has 4 rings (SSSR count). The molecule has 1 unspecified atom stereocenters. The van der Waals surface area contributed by atoms with Crippen molar-refractivity contribution in [2.45, 2.75) is 94.9 Å². The Bertz CT molecular complexity index is 1180. The van der Waals surface area contributed by atoms with E-state index in [1.807, 2.05) is 24.3 Å². The van der Waals surface area contributed by atoms with Crippen molar-refractivity contribution in [1.82, 2.24) is 20.9 Å². The monoisotopic (exact) mass is 592 g/mol. The Morgan fingerprint density at radius 1 is 0.930 bits per heavy atom. The van der Waals surface area contributed by atoms with Crippen LogP contribution in [0.25, 0.3) is 0 Å². The number of hydrogen-bond donors (Lipinski definition) is 3. The average molecular weight is 593 g/mol. The molecule has 1 heterocycles. The van der Waals surface area contributed by atoms with Gasteiger partial charge in [0.05, 0.1) is 6.04 Å². The Labute approximate surface area is 253 Å². The molecule has 10 nitrogen and oxygen atoms in total. The van der Waals surface area contributed by atoms with Crippen LogP contribution in [0.5, 0.6) is 0 Å². The fourth-order valence-corrected chi connectivity index (χ4v) is 6.42. The summed E-state index contributed by atoms with van der Waals surface area (Å²) in [7, 11) is 0. The van der Waals surface area contributed by atoms with Crippen LogP contribution in [0.3, 0.4) is 0 Å². The molecule has 0 spiro atoms. The molecular formula is C33H44N4O6. The maximum atomic E-state index is 14.2. The minimum atomic E-state index is -1.06. The van der Waals surface area contributed by atoms with Gasteiger partial charge in [-0.25, -0.2) is 4.79 Å². The number of carbonyl (C=O) groups is 5. The Balaban J connectivity index is 1.49. The highest BCUT2D eigenvalue weighted by molar-refractivity contribution is 6.38. The highest BCUT2D eigenvalue weighted by Gasteiger charge is 2.43. The van der Waals surface area contributed by atoms with E-state index in [0.29, 0.717) is 38.6 Å². The maximum absolute atomic E-state index is 14.2. The Kier molecular flexibility index (Phi) is 11.5. The number of ether oxygens (including phenoxy) is 1. The van der Waals surface area contributed by atoms with Gasteiger partial charge in [0.15, 0.2) is 0 Å². The first-order valence-electron chi connectivity index (χ1n) is 15.5. The van der Waals surface area contributed by atoms with Gasteiger partial charge in [0.1, 0.15) is 18.2 Å². The van der Waals surface area contributed by atoms with E-state index in [2.05, 4.69) is 29.1 Å². The molecule has 1 saturated carbocycles. The van der Waals surface area contributed by atoms with Crippen molar-refractivity contribution in [2.24, 2.45) is 5.92 Å². The van der Waals surface area contributed by atoms with Gasteiger partial charge in [-0.3, -0.25) is 19.2 Å². The number of ketones is 1. The topological polar surface area (TPSA) is 134 Å². The summed E-state index contributed by atoms with van der Waals surface area (Å²) < 4.78 is 5.72. The highest BCUT2D eigenvalue weighted by atomic mass is 16.6. The summed E-state index contributed by atoms with van der Waals surface area (Å²) in [6.45, 7) is 7.68. The van der Waals surface area contributed by atoms with Crippen LogP contribution < -0.4 is 16.0 Å². The number of amides is 4. The van der Waals surface area contributed by atoms with Crippen LogP contribution >= 0.6 is 0 Å². The molecule has 4 amide bonds. The number of rotatable bonds is 13. The summed E-state index contributed by atoms with van der Waals surface area (Å²) >= 11 is 0. The first kappa shape index (κ1) is 32.0. The van der Waals surface area contributed by atoms with E-state index >= 15 is 0 Å². The van der Waals surface area contributed by atoms with Crippen LogP contribution in [0, 0.1) is 5.92 Å². The minimum Gasteiger partial charge on any atom is -0.446 e. The van der Waals surface area contributed by atoms with Crippen molar-refractivity contribution in [3.05, 3.63) is 60.7 Å². The lowest BCUT2D eigenvalue weighted by Gasteiger charge is -2.32. The van der Waals surface area contributed by atoms with E-state index in [0.717, 1.165) is 43.2 Å². The van der Waals surface area contributed by atoms with Crippen LogP contribution in [0.1, 0.15) is 68.9 Å². The number of benzene rings is 1. The second-order valence-corrected chi connectivity index (χ2v) is 11.7. The summed E-state index contributed by atoms with van der Waals surface area (Å²) in [5.41, 5.74) is 2.28. The average Bonchev–Trinajstić information content (AvgIpc) is 3.68. The first-order chi connectivity index (χ1) is 20.8. The van der Waals surface area contributed by atoms with Crippen LogP contribution in [0.15, 0.2) is 49.6 Å². The first-order valence-corrected chi connectivity index (χ1v) is 15.5. The predicted octanol–water partition coefficient (Wildman–Crippen LogP) is 3.14. The fraction of sp³-hybridized carbons (Fsp3) is 0.545. The molecule has 10 heteroatoms. The van der Waals surface area contributed by atoms with Gasteiger partial charge in [-0.1, -0.05) is 42.8 Å². The van der Waals surface area contributed by atoms with Gasteiger partial charge in [0, 0.05) is 13.1 Å². The van der Waals surface area contributed by atoms with E-state index in [-0.39, 0.29) is 30.9 Å². The van der Waals surface area contributed by atoms with Crippen LogP contribution in [0.4, 0.5) is 4.79 Å². The normalized spacial score (nSPS) is 19.9. The van der Waals surface area contributed by atoms with Gasteiger partial charge < -0.3 is 25.6 Å². The molecule has 3 aliphatic rings. The zero-order valence-electron chi connectivity index (χ0n) is 24.9. The van der Waals surface area contributed by atoms with Crippen molar-refractivity contribution in [3.8, 4) is 0 Å². The third-order valence-electron chi connectivity index (χ3n) is 8.68. The third-order valence-corrected chi connectivity index (χ3v) is 8.68. The molecule has 1 aromatic carbocycles. The molecule has 0 radical (unpaired) electrons. The van der Waals surface area contributed by atoms with E-state index in [1.165, 1.54) is 11.0 Å². The lowest BCUT2D eigenvalue weighted by Crippen LogP contribution is -2.58. The van der Waals surface area contributed by atoms with Crippen molar-refractivity contribution in [2.75, 3.05) is 13.1 Å². The molecular weight excluding hydrogens is 548 g/mol. The van der Waals surface area contributed by atoms with Gasteiger partial charge in [0.25, 0.3) is 5.91 Å². The molecule has 43 heavy (non-hydrogen) atoms. The zero-order valence-corrected chi connectivity index (χ0v) is 24.9. The molecule has 3 N–H and O–H groups in total. The molecule has 0 aromatic heterocycles. The molecule has 1 aromatic rings. The highest BCUT2D eigenvalue weighted by Crippen LogP contribution is 2.31. The number of fused-ring (bicyclic) bond motifs is 1. The summed E-state index contributed by atoms with van der Waals surface area (Å²) in [6, 6.07) is 5.24. The number of hydrogen-bond acceptors (Lipinski definition) is 6. The Morgan fingerprint density at radius 3 is 2.28 bits per heavy atom. The Morgan fingerprint density at radius 2 is 1.63 bits per heavy atom. The molecule has 1 aliphatic heterocycles. The summed E-state index contributed by atoms with van der Waals surface area (Å²) in [5, 5.41) is 8.07. The van der Waals surface area contributed by atoms with Gasteiger partial charge in [-0.05, 0) is 81.3 Å². The smallest absolute Gasteiger partial charge is 0.408 e. The number of nitrogens with zero attached hydrogens (tertiary/aromatic N) is 1. The lowest BCUT2D eigenvalue weighted by molar-refractivity contribution is -0.143. The maximum Gasteiger partial charge on any atom is 0.408 e. The standard InChI is InChI=1S/C33H44N4O6/c1-3-5-16-26(29(38)31(40)34-18-4-2)35-30(39)27-17-11-19-37(27)32(41)28(24-20-22-12-9-10-13-23(22)21-24)36-33(42)43-25-14-7-6-8-15-25/h3-4,9-10,12-13,24-28H,1-2,5-8,11,14-21H2,(H,34,40)(H,35,39)(H,36,42)/t26?,27-,28-/m0/s1. The summed E-state index contributed by atoms with van der Waals surface area (Å²) in [5.74, 6) is -2.60. The van der Waals surface area contributed by atoms with Gasteiger partial charge in [-0.15, -0.1) is 13.2 Å². The van der Waals surface area contributed by atoms with Crippen molar-refractivity contribution < 1.29 is 28.7 Å². The molecule has 1 saturated heterocycles. The molecule has 3 atom stereocenters. The SMILES string of the molecule is C=CCCC(NC(=O)[C@@H]1CCCN1C(=O)[C@@H](NC(=O)OC1CCCCC1)C1Cc2ccccc2C1)C(=O)C(=O)NCC=C. The molecule has 2 fully saturated rings. The predicted molar refractivity (Wildman–Crippen MR) is 162 cm³/mol. The van der Waals surface area contributed by atoms with Crippen LogP contribution in [-0.2, 0) is 36.8 Å².